The molecule has 7 nitrogen and oxygen atoms in total. The minimum atomic E-state index is -0.373. The zero-order valence-corrected chi connectivity index (χ0v) is 19.8. The van der Waals surface area contributed by atoms with Gasteiger partial charge < -0.3 is 14.2 Å². The van der Waals surface area contributed by atoms with Gasteiger partial charge in [-0.1, -0.05) is 30.3 Å². The summed E-state index contributed by atoms with van der Waals surface area (Å²) in [4.78, 5) is 26.9. The molecular formula is C26H30N2O5. The van der Waals surface area contributed by atoms with Crippen LogP contribution >= 0.6 is 0 Å². The van der Waals surface area contributed by atoms with Gasteiger partial charge in [0.25, 0.3) is 0 Å². The molecule has 1 heterocycles. The Morgan fingerprint density at radius 2 is 1.48 bits per heavy atom. The maximum Gasteiger partial charge on any atom is 0.242 e. The predicted octanol–water partition coefficient (Wildman–Crippen LogP) is 3.91. The van der Waals surface area contributed by atoms with E-state index in [1.807, 2.05) is 56.6 Å². The highest BCUT2D eigenvalue weighted by Gasteiger charge is 2.43. The fraction of sp³-hybridized carbons (Fsp3) is 0.385. The molecule has 0 aromatic heterocycles. The summed E-state index contributed by atoms with van der Waals surface area (Å²) in [5.41, 5.74) is 3.39. The van der Waals surface area contributed by atoms with Crippen LogP contribution in [-0.2, 0) is 9.59 Å². The van der Waals surface area contributed by atoms with E-state index in [2.05, 4.69) is 0 Å². The number of benzene rings is 2. The smallest absolute Gasteiger partial charge is 0.242 e. The standard InChI is InChI=1S/C26H30N2O5/c1-27(2)28-20-11-17(16-9-7-6-8-10-16)12-21(29)25(20)19(15-24(28)30)18-13-22(31-3)26(33-5)23(14-18)32-4/h6-10,13-14,17,19H,11-12,15H2,1-5H3/t17-,19+/m0/s1. The topological polar surface area (TPSA) is 68.3 Å². The maximum atomic E-state index is 13.6. The summed E-state index contributed by atoms with van der Waals surface area (Å²) in [5, 5.41) is 3.43. The number of carbonyl (C=O) groups excluding carboxylic acids is 2. The summed E-state index contributed by atoms with van der Waals surface area (Å²) in [7, 11) is 8.33. The van der Waals surface area contributed by atoms with Gasteiger partial charge in [0.05, 0.1) is 21.3 Å². The first-order chi connectivity index (χ1) is 15.9. The van der Waals surface area contributed by atoms with Crippen LogP contribution in [0.2, 0.25) is 0 Å². The van der Waals surface area contributed by atoms with E-state index in [4.69, 9.17) is 14.2 Å². The fourth-order valence-corrected chi connectivity index (χ4v) is 5.03. The summed E-state index contributed by atoms with van der Waals surface area (Å²) in [5.74, 6) is 1.17. The Bertz CT molecular complexity index is 1070. The van der Waals surface area contributed by atoms with Crippen molar-refractivity contribution in [2.75, 3.05) is 35.4 Å². The van der Waals surface area contributed by atoms with Crippen molar-refractivity contribution in [1.29, 1.82) is 0 Å². The minimum Gasteiger partial charge on any atom is -0.493 e. The molecule has 1 amide bonds. The quantitative estimate of drug-likeness (QED) is 0.665. The van der Waals surface area contributed by atoms with Gasteiger partial charge in [-0.3, -0.25) is 9.59 Å². The number of hydrazine groups is 1. The van der Waals surface area contributed by atoms with Gasteiger partial charge in [0, 0.05) is 44.1 Å². The predicted molar refractivity (Wildman–Crippen MR) is 124 cm³/mol. The van der Waals surface area contributed by atoms with Crippen LogP contribution in [0.5, 0.6) is 17.2 Å². The number of allylic oxidation sites excluding steroid dienone is 2. The van der Waals surface area contributed by atoms with E-state index in [0.29, 0.717) is 35.7 Å². The Balaban J connectivity index is 1.85. The summed E-state index contributed by atoms with van der Waals surface area (Å²) in [6.45, 7) is 0. The van der Waals surface area contributed by atoms with E-state index < -0.39 is 0 Å². The molecule has 0 fully saturated rings. The minimum absolute atomic E-state index is 0.0337. The molecule has 0 bridgehead atoms. The molecule has 0 saturated carbocycles. The van der Waals surface area contributed by atoms with Crippen LogP contribution in [0.15, 0.2) is 53.7 Å². The third-order valence-corrected chi connectivity index (χ3v) is 6.46. The van der Waals surface area contributed by atoms with E-state index >= 15 is 0 Å². The largest absolute Gasteiger partial charge is 0.493 e. The Morgan fingerprint density at radius 1 is 0.848 bits per heavy atom. The van der Waals surface area contributed by atoms with Crippen LogP contribution in [0.1, 0.15) is 42.2 Å². The Morgan fingerprint density at radius 3 is 2.03 bits per heavy atom. The van der Waals surface area contributed by atoms with Crippen LogP contribution < -0.4 is 14.2 Å². The van der Waals surface area contributed by atoms with Gasteiger partial charge in [-0.15, -0.1) is 0 Å². The third-order valence-electron chi connectivity index (χ3n) is 6.46. The first-order valence-corrected chi connectivity index (χ1v) is 11.0. The average Bonchev–Trinajstić information content (AvgIpc) is 2.82. The molecule has 2 aromatic carbocycles. The number of nitrogens with zero attached hydrogens (tertiary/aromatic N) is 2. The lowest BCUT2D eigenvalue weighted by Crippen LogP contribution is -2.47. The SMILES string of the molecule is COc1cc([C@H]2CC(=O)N(N(C)C)C3=C2C(=O)C[C@@H](c2ccccc2)C3)cc(OC)c1OC. The van der Waals surface area contributed by atoms with E-state index in [1.165, 1.54) is 0 Å². The van der Waals surface area contributed by atoms with Gasteiger partial charge in [-0.25, -0.2) is 10.0 Å². The van der Waals surface area contributed by atoms with Crippen molar-refractivity contribution in [3.63, 3.8) is 0 Å². The maximum absolute atomic E-state index is 13.6. The zero-order valence-electron chi connectivity index (χ0n) is 19.8. The second-order valence-electron chi connectivity index (χ2n) is 8.57. The Kier molecular flexibility index (Phi) is 6.42. The average molecular weight is 451 g/mol. The number of methoxy groups -OCH3 is 3. The second kappa shape index (κ2) is 9.27. The van der Waals surface area contributed by atoms with Crippen molar-refractivity contribution in [3.8, 4) is 17.2 Å². The van der Waals surface area contributed by atoms with Crippen molar-refractivity contribution < 1.29 is 23.8 Å². The molecule has 1 aliphatic carbocycles. The number of rotatable bonds is 6. The van der Waals surface area contributed by atoms with Gasteiger partial charge in [-0.2, -0.15) is 0 Å². The summed E-state index contributed by atoms with van der Waals surface area (Å²) < 4.78 is 16.5. The van der Waals surface area contributed by atoms with Crippen LogP contribution in [-0.4, -0.2) is 57.1 Å². The first-order valence-electron chi connectivity index (χ1n) is 11.0. The van der Waals surface area contributed by atoms with Gasteiger partial charge in [0.1, 0.15) is 0 Å². The molecule has 4 rings (SSSR count). The Hall–Kier alpha value is -3.32. The van der Waals surface area contributed by atoms with Gasteiger partial charge in [0.2, 0.25) is 11.7 Å². The zero-order chi connectivity index (χ0) is 23.7. The van der Waals surface area contributed by atoms with E-state index in [9.17, 15) is 9.59 Å². The van der Waals surface area contributed by atoms with Crippen LogP contribution in [0.25, 0.3) is 0 Å². The summed E-state index contributed by atoms with van der Waals surface area (Å²) in [6.07, 6.45) is 1.23. The van der Waals surface area contributed by atoms with Crippen molar-refractivity contribution in [1.82, 2.24) is 10.0 Å². The number of carbonyl (C=O) groups is 2. The molecule has 0 radical (unpaired) electrons. The number of ether oxygens (including phenoxy) is 3. The lowest BCUT2D eigenvalue weighted by Gasteiger charge is -2.42. The highest BCUT2D eigenvalue weighted by Crippen LogP contribution is 2.48. The van der Waals surface area contributed by atoms with Crippen LogP contribution in [0.3, 0.4) is 0 Å². The van der Waals surface area contributed by atoms with Crippen LogP contribution in [0.4, 0.5) is 0 Å². The lowest BCUT2D eigenvalue weighted by molar-refractivity contribution is -0.143. The molecular weight excluding hydrogens is 420 g/mol. The van der Waals surface area contributed by atoms with Gasteiger partial charge in [0.15, 0.2) is 17.3 Å². The van der Waals surface area contributed by atoms with E-state index in [-0.39, 0.29) is 29.9 Å². The molecule has 0 saturated heterocycles. The monoisotopic (exact) mass is 450 g/mol. The van der Waals surface area contributed by atoms with Crippen LogP contribution in [0, 0.1) is 0 Å². The fourth-order valence-electron chi connectivity index (χ4n) is 5.03. The normalized spacial score (nSPS) is 20.7. The third kappa shape index (κ3) is 4.09. The number of hydrogen-bond donors (Lipinski definition) is 0. The highest BCUT2D eigenvalue weighted by atomic mass is 16.5. The highest BCUT2D eigenvalue weighted by molar-refractivity contribution is 6.02. The van der Waals surface area contributed by atoms with Crippen molar-refractivity contribution in [3.05, 3.63) is 64.9 Å². The molecule has 2 aliphatic rings. The molecule has 1 aliphatic heterocycles. The molecule has 0 unspecified atom stereocenters. The van der Waals surface area contributed by atoms with Crippen molar-refractivity contribution >= 4 is 11.7 Å². The molecule has 33 heavy (non-hydrogen) atoms. The molecule has 0 N–H and O–H groups in total. The van der Waals surface area contributed by atoms with E-state index in [1.54, 1.807) is 31.3 Å². The van der Waals surface area contributed by atoms with E-state index in [0.717, 1.165) is 16.8 Å². The molecule has 174 valence electrons. The van der Waals surface area contributed by atoms with Crippen molar-refractivity contribution in [2.45, 2.75) is 31.1 Å². The number of amides is 1. The lowest BCUT2D eigenvalue weighted by atomic mass is 9.73. The summed E-state index contributed by atoms with van der Waals surface area (Å²) in [6, 6.07) is 13.7. The van der Waals surface area contributed by atoms with Gasteiger partial charge in [-0.05, 0) is 35.6 Å². The summed E-state index contributed by atoms with van der Waals surface area (Å²) >= 11 is 0. The van der Waals surface area contributed by atoms with Gasteiger partial charge >= 0.3 is 0 Å². The number of ketones is 1. The van der Waals surface area contributed by atoms with Crippen molar-refractivity contribution in [2.24, 2.45) is 0 Å². The number of Topliss-reactive ketones (excluding diaryl/α,β-unsaturated/α-hetero) is 1. The molecule has 2 atom stereocenters. The molecule has 2 aromatic rings. The first kappa shape index (κ1) is 22.9. The Labute approximate surface area is 194 Å². The second-order valence-corrected chi connectivity index (χ2v) is 8.57. The number of hydrogen-bond acceptors (Lipinski definition) is 6. The molecule has 7 heteroatoms. The molecule has 0 spiro atoms.